The zero-order valence-electron chi connectivity index (χ0n) is 11.4. The maximum absolute atomic E-state index is 12.0. The van der Waals surface area contributed by atoms with Crippen LogP contribution in [0.1, 0.15) is 32.8 Å². The third-order valence-corrected chi connectivity index (χ3v) is 3.73. The topological polar surface area (TPSA) is 71.1 Å². The van der Waals surface area contributed by atoms with Gasteiger partial charge in [0, 0.05) is 23.5 Å². The van der Waals surface area contributed by atoms with Crippen molar-refractivity contribution in [3.63, 3.8) is 0 Å². The van der Waals surface area contributed by atoms with Crippen molar-refractivity contribution in [3.05, 3.63) is 50.9 Å². The fourth-order valence-corrected chi connectivity index (χ4v) is 2.43. The van der Waals surface area contributed by atoms with Crippen LogP contribution in [-0.4, -0.2) is 23.3 Å². The lowest BCUT2D eigenvalue weighted by molar-refractivity contribution is 0.0946. The predicted molar refractivity (Wildman–Crippen MR) is 82.7 cm³/mol. The second kappa shape index (κ2) is 7.19. The molecule has 5 nitrogen and oxygen atoms in total. The molecule has 1 aromatic carbocycles. The Bertz CT molecular complexity index is 640. The first-order valence-corrected chi connectivity index (χ1v) is 7.62. The highest BCUT2D eigenvalue weighted by Gasteiger charge is 2.14. The molecule has 2 rings (SSSR count). The van der Waals surface area contributed by atoms with Gasteiger partial charge in [-0.15, -0.1) is 11.3 Å². The summed E-state index contributed by atoms with van der Waals surface area (Å²) >= 11 is 6.94. The molecule has 2 aromatic rings. The smallest absolute Gasteiger partial charge is 0.280 e. The average molecular weight is 324 g/mol. The van der Waals surface area contributed by atoms with E-state index in [1.165, 1.54) is 0 Å². The van der Waals surface area contributed by atoms with Crippen LogP contribution in [0.2, 0.25) is 5.02 Å². The summed E-state index contributed by atoms with van der Waals surface area (Å²) < 4.78 is 0. The molecule has 0 bridgehead atoms. The average Bonchev–Trinajstić information content (AvgIpc) is 2.96. The van der Waals surface area contributed by atoms with E-state index >= 15 is 0 Å². The molecule has 0 aliphatic rings. The lowest BCUT2D eigenvalue weighted by Crippen LogP contribution is -2.25. The summed E-state index contributed by atoms with van der Waals surface area (Å²) in [6, 6.07) is 7.20. The van der Waals surface area contributed by atoms with Crippen LogP contribution in [-0.2, 0) is 6.54 Å². The number of rotatable bonds is 5. The molecule has 0 unspecified atom stereocenters. The third kappa shape index (κ3) is 4.27. The lowest BCUT2D eigenvalue weighted by Gasteiger charge is -2.03. The number of hydrogen-bond acceptors (Lipinski definition) is 4. The summed E-state index contributed by atoms with van der Waals surface area (Å²) in [5, 5.41) is 7.90. The van der Waals surface area contributed by atoms with Crippen molar-refractivity contribution in [2.45, 2.75) is 13.5 Å². The zero-order valence-corrected chi connectivity index (χ0v) is 12.9. The number of hydrogen-bond donors (Lipinski definition) is 2. The van der Waals surface area contributed by atoms with Crippen molar-refractivity contribution in [2.75, 3.05) is 6.54 Å². The Morgan fingerprint density at radius 1 is 1.19 bits per heavy atom. The zero-order chi connectivity index (χ0) is 15.2. The van der Waals surface area contributed by atoms with E-state index < -0.39 is 0 Å². The molecule has 0 atom stereocenters. The van der Waals surface area contributed by atoms with Crippen molar-refractivity contribution in [1.29, 1.82) is 0 Å². The Kier molecular flexibility index (Phi) is 5.30. The van der Waals surface area contributed by atoms with Crippen molar-refractivity contribution in [2.24, 2.45) is 0 Å². The van der Waals surface area contributed by atoms with Gasteiger partial charge in [-0.05, 0) is 24.6 Å². The van der Waals surface area contributed by atoms with Crippen LogP contribution in [0.3, 0.4) is 0 Å². The molecule has 0 aliphatic carbocycles. The molecular weight excluding hydrogens is 310 g/mol. The summed E-state index contributed by atoms with van der Waals surface area (Å²) in [6.45, 7) is 2.73. The predicted octanol–water partition coefficient (Wildman–Crippen LogP) is 2.48. The lowest BCUT2D eigenvalue weighted by atomic mass is 10.2. The quantitative estimate of drug-likeness (QED) is 0.888. The summed E-state index contributed by atoms with van der Waals surface area (Å²) in [6.07, 6.45) is 0. The molecule has 0 fully saturated rings. The van der Waals surface area contributed by atoms with Gasteiger partial charge in [0.05, 0.1) is 0 Å². The molecule has 0 saturated carbocycles. The number of aromatic nitrogens is 1. The molecule has 0 saturated heterocycles. The fraction of sp³-hybridized carbons (Fsp3) is 0.214. The van der Waals surface area contributed by atoms with Gasteiger partial charge in [0.2, 0.25) is 0 Å². The Hall–Kier alpha value is -1.92. The van der Waals surface area contributed by atoms with E-state index in [4.69, 9.17) is 11.6 Å². The van der Waals surface area contributed by atoms with Gasteiger partial charge >= 0.3 is 0 Å². The van der Waals surface area contributed by atoms with Gasteiger partial charge in [0.25, 0.3) is 11.8 Å². The van der Waals surface area contributed by atoms with E-state index in [0.717, 1.165) is 16.9 Å². The van der Waals surface area contributed by atoms with Crippen molar-refractivity contribution in [3.8, 4) is 0 Å². The van der Waals surface area contributed by atoms with E-state index in [-0.39, 0.29) is 22.5 Å². The highest BCUT2D eigenvalue weighted by molar-refractivity contribution is 7.11. The SMILES string of the molecule is CCNC(=O)c1nc(C(=O)NCc2ccc(Cl)cc2)cs1. The van der Waals surface area contributed by atoms with Crippen molar-refractivity contribution in [1.82, 2.24) is 15.6 Å². The van der Waals surface area contributed by atoms with Gasteiger partial charge in [0.1, 0.15) is 5.69 Å². The number of nitrogens with one attached hydrogen (secondary N) is 2. The van der Waals surface area contributed by atoms with E-state index in [9.17, 15) is 9.59 Å². The van der Waals surface area contributed by atoms with E-state index in [1.54, 1.807) is 17.5 Å². The van der Waals surface area contributed by atoms with Crippen LogP contribution in [0, 0.1) is 0 Å². The fourth-order valence-electron chi connectivity index (χ4n) is 1.59. The van der Waals surface area contributed by atoms with Gasteiger partial charge in [0.15, 0.2) is 5.01 Å². The highest BCUT2D eigenvalue weighted by Crippen LogP contribution is 2.11. The van der Waals surface area contributed by atoms with Crippen LogP contribution in [0.15, 0.2) is 29.6 Å². The molecular formula is C14H14ClN3O2S. The number of nitrogens with zero attached hydrogens (tertiary/aromatic N) is 1. The van der Waals surface area contributed by atoms with E-state index in [2.05, 4.69) is 15.6 Å². The molecule has 2 N–H and O–H groups in total. The summed E-state index contributed by atoms with van der Waals surface area (Å²) in [4.78, 5) is 27.6. The molecule has 1 heterocycles. The highest BCUT2D eigenvalue weighted by atomic mass is 35.5. The van der Waals surface area contributed by atoms with Crippen molar-refractivity contribution < 1.29 is 9.59 Å². The molecule has 1 aromatic heterocycles. The van der Waals surface area contributed by atoms with Gasteiger partial charge in [-0.1, -0.05) is 23.7 Å². The monoisotopic (exact) mass is 323 g/mol. The Labute approximate surface area is 131 Å². The number of halogens is 1. The Morgan fingerprint density at radius 2 is 1.90 bits per heavy atom. The molecule has 21 heavy (non-hydrogen) atoms. The molecule has 0 spiro atoms. The van der Waals surface area contributed by atoms with Gasteiger partial charge in [-0.2, -0.15) is 0 Å². The second-order valence-electron chi connectivity index (χ2n) is 4.21. The van der Waals surface area contributed by atoms with Crippen LogP contribution in [0.5, 0.6) is 0 Å². The number of thiazole rings is 1. The maximum atomic E-state index is 12.0. The summed E-state index contributed by atoms with van der Waals surface area (Å²) in [5.41, 5.74) is 1.18. The summed E-state index contributed by atoms with van der Waals surface area (Å²) in [5.74, 6) is -0.573. The minimum Gasteiger partial charge on any atom is -0.350 e. The number of benzene rings is 1. The number of carbonyl (C=O) groups is 2. The Balaban J connectivity index is 1.94. The van der Waals surface area contributed by atoms with Gasteiger partial charge < -0.3 is 10.6 Å². The molecule has 110 valence electrons. The number of carbonyl (C=O) groups excluding carboxylic acids is 2. The first-order valence-electron chi connectivity index (χ1n) is 6.36. The molecule has 0 radical (unpaired) electrons. The third-order valence-electron chi connectivity index (χ3n) is 2.63. The second-order valence-corrected chi connectivity index (χ2v) is 5.50. The Morgan fingerprint density at radius 3 is 2.57 bits per heavy atom. The van der Waals surface area contributed by atoms with Crippen molar-refractivity contribution >= 4 is 34.8 Å². The largest absolute Gasteiger partial charge is 0.350 e. The van der Waals surface area contributed by atoms with E-state index in [1.807, 2.05) is 19.1 Å². The normalized spacial score (nSPS) is 10.2. The first kappa shape index (κ1) is 15.5. The minimum atomic E-state index is -0.309. The summed E-state index contributed by atoms with van der Waals surface area (Å²) in [7, 11) is 0. The standard InChI is InChI=1S/C14H14ClN3O2S/c1-2-16-13(20)14-18-11(8-21-14)12(19)17-7-9-3-5-10(15)6-4-9/h3-6,8H,2,7H2,1H3,(H,16,20)(H,17,19). The van der Waals surface area contributed by atoms with Gasteiger partial charge in [-0.25, -0.2) is 4.98 Å². The first-order chi connectivity index (χ1) is 10.1. The maximum Gasteiger partial charge on any atom is 0.280 e. The van der Waals surface area contributed by atoms with Crippen LogP contribution >= 0.6 is 22.9 Å². The minimum absolute atomic E-state index is 0.246. The van der Waals surface area contributed by atoms with Crippen LogP contribution in [0.4, 0.5) is 0 Å². The van der Waals surface area contributed by atoms with Crippen LogP contribution < -0.4 is 10.6 Å². The molecule has 7 heteroatoms. The molecule has 2 amide bonds. The number of amides is 2. The van der Waals surface area contributed by atoms with Gasteiger partial charge in [-0.3, -0.25) is 9.59 Å². The molecule has 0 aliphatic heterocycles. The van der Waals surface area contributed by atoms with Crippen LogP contribution in [0.25, 0.3) is 0 Å². The van der Waals surface area contributed by atoms with E-state index in [0.29, 0.717) is 18.1 Å².